The number of hydrogen-bond donors (Lipinski definition) is 0. The summed E-state index contributed by atoms with van der Waals surface area (Å²) in [6.07, 6.45) is 1.54. The highest BCUT2D eigenvalue weighted by atomic mass is 35.5. The largest absolute Gasteiger partial charge is 0.373 e. The number of amides is 1. The molecule has 3 unspecified atom stereocenters. The molecule has 3 atom stereocenters. The van der Waals surface area contributed by atoms with Gasteiger partial charge < -0.3 is 14.4 Å². The van der Waals surface area contributed by atoms with Gasteiger partial charge in [-0.2, -0.15) is 8.78 Å². The van der Waals surface area contributed by atoms with Crippen LogP contribution in [0.2, 0.25) is 0 Å². The Morgan fingerprint density at radius 1 is 1.44 bits per heavy atom. The van der Waals surface area contributed by atoms with Crippen LogP contribution in [0.3, 0.4) is 0 Å². The fourth-order valence-electron chi connectivity index (χ4n) is 2.98. The maximum atomic E-state index is 12.2. The number of fused-ring (bicyclic) bond motifs is 2. The predicted octanol–water partition coefficient (Wildman–Crippen LogP) is 1.37. The van der Waals surface area contributed by atoms with Gasteiger partial charge in [0.15, 0.2) is 4.87 Å². The van der Waals surface area contributed by atoms with E-state index in [4.69, 9.17) is 16.3 Å². The first kappa shape index (κ1) is 12.6. The molecule has 0 aliphatic carbocycles. The molecule has 2 bridgehead atoms. The maximum absolute atomic E-state index is 12.2. The van der Waals surface area contributed by atoms with E-state index in [2.05, 4.69) is 4.74 Å². The Bertz CT molecular complexity index is 364. The lowest BCUT2D eigenvalue weighted by Crippen LogP contribution is -2.61. The topological polar surface area (TPSA) is 38.8 Å². The second kappa shape index (κ2) is 4.28. The van der Waals surface area contributed by atoms with Crippen molar-refractivity contribution in [2.75, 3.05) is 13.1 Å². The van der Waals surface area contributed by atoms with E-state index in [1.807, 2.05) is 0 Å². The van der Waals surface area contributed by atoms with Gasteiger partial charge in [-0.15, -0.1) is 11.6 Å². The zero-order valence-electron chi connectivity index (χ0n) is 9.65. The van der Waals surface area contributed by atoms with Crippen molar-refractivity contribution >= 4 is 17.5 Å². The third-order valence-corrected chi connectivity index (χ3v) is 4.49. The van der Waals surface area contributed by atoms with Gasteiger partial charge in [0, 0.05) is 19.5 Å². The molecule has 0 N–H and O–H groups in total. The molecule has 3 aliphatic heterocycles. The van der Waals surface area contributed by atoms with Gasteiger partial charge in [0.25, 0.3) is 0 Å². The number of rotatable bonds is 3. The summed E-state index contributed by atoms with van der Waals surface area (Å²) in [6, 6.07) is 0. The van der Waals surface area contributed by atoms with Crippen LogP contribution in [0.4, 0.5) is 8.78 Å². The summed E-state index contributed by atoms with van der Waals surface area (Å²) in [7, 11) is 0. The Hall–Kier alpha value is -0.460. The Labute approximate surface area is 108 Å². The van der Waals surface area contributed by atoms with Crippen molar-refractivity contribution in [2.24, 2.45) is 0 Å². The van der Waals surface area contributed by atoms with Crippen LogP contribution in [0.25, 0.3) is 0 Å². The quantitative estimate of drug-likeness (QED) is 0.734. The van der Waals surface area contributed by atoms with Crippen LogP contribution in [-0.2, 0) is 14.3 Å². The molecule has 3 rings (SSSR count). The van der Waals surface area contributed by atoms with Gasteiger partial charge >= 0.3 is 6.61 Å². The van der Waals surface area contributed by atoms with Crippen molar-refractivity contribution < 1.29 is 23.0 Å². The zero-order chi connectivity index (χ0) is 12.9. The van der Waals surface area contributed by atoms with Gasteiger partial charge in [0.1, 0.15) is 0 Å². The third-order valence-electron chi connectivity index (χ3n) is 3.93. The third kappa shape index (κ3) is 1.90. The van der Waals surface area contributed by atoms with Gasteiger partial charge in [-0.25, -0.2) is 0 Å². The number of carbonyl (C=O) groups excluding carboxylic acids is 1. The molecule has 4 nitrogen and oxygen atoms in total. The molecular weight excluding hydrogens is 268 g/mol. The van der Waals surface area contributed by atoms with Crippen molar-refractivity contribution in [3.63, 3.8) is 0 Å². The lowest BCUT2D eigenvalue weighted by molar-refractivity contribution is -0.200. The van der Waals surface area contributed by atoms with E-state index in [1.165, 1.54) is 4.90 Å². The van der Waals surface area contributed by atoms with Crippen LogP contribution in [0, 0.1) is 0 Å². The van der Waals surface area contributed by atoms with Crippen LogP contribution in [0.1, 0.15) is 19.3 Å². The minimum absolute atomic E-state index is 0.0748. The highest BCUT2D eigenvalue weighted by Crippen LogP contribution is 2.47. The smallest absolute Gasteiger partial charge is 0.345 e. The minimum Gasteiger partial charge on any atom is -0.373 e. The summed E-state index contributed by atoms with van der Waals surface area (Å²) in [5.74, 6) is -0.203. The van der Waals surface area contributed by atoms with Crippen molar-refractivity contribution in [1.29, 1.82) is 0 Å². The molecule has 0 aromatic heterocycles. The lowest BCUT2D eigenvalue weighted by atomic mass is 9.86. The van der Waals surface area contributed by atoms with Crippen LogP contribution in [0.15, 0.2) is 0 Å². The van der Waals surface area contributed by atoms with E-state index < -0.39 is 17.6 Å². The molecule has 3 aliphatic rings. The van der Waals surface area contributed by atoms with Gasteiger partial charge in [-0.05, 0) is 12.8 Å². The summed E-state index contributed by atoms with van der Waals surface area (Å²) in [6.45, 7) is -2.41. The van der Waals surface area contributed by atoms with Gasteiger partial charge in [-0.3, -0.25) is 4.79 Å². The van der Waals surface area contributed by atoms with E-state index in [1.54, 1.807) is 0 Å². The monoisotopic (exact) mass is 281 g/mol. The summed E-state index contributed by atoms with van der Waals surface area (Å²) in [5.41, 5.74) is 0. The highest BCUT2D eigenvalue weighted by Gasteiger charge is 2.58. The molecule has 0 spiro atoms. The molecular formula is C11H14ClF2NO3. The number of carbonyl (C=O) groups is 1. The Balaban J connectivity index is 1.57. The Kier molecular flexibility index (Phi) is 2.99. The maximum Gasteiger partial charge on any atom is 0.345 e. The molecule has 1 amide bonds. The number of ether oxygens (including phenoxy) is 2. The molecule has 0 saturated carbocycles. The summed E-state index contributed by atoms with van der Waals surface area (Å²) in [4.78, 5) is 12.7. The second-order valence-electron chi connectivity index (χ2n) is 5.12. The number of nitrogens with zero attached hydrogens (tertiary/aromatic N) is 1. The molecule has 7 heteroatoms. The van der Waals surface area contributed by atoms with Crippen LogP contribution in [0.5, 0.6) is 0 Å². The lowest BCUT2D eigenvalue weighted by Gasteiger charge is -2.43. The first-order valence-electron chi connectivity index (χ1n) is 6.06. The molecule has 0 aromatic carbocycles. The molecule has 3 fully saturated rings. The first-order chi connectivity index (χ1) is 8.49. The van der Waals surface area contributed by atoms with Gasteiger partial charge in [0.2, 0.25) is 5.91 Å². The van der Waals surface area contributed by atoms with E-state index in [0.29, 0.717) is 6.42 Å². The first-order valence-corrected chi connectivity index (χ1v) is 6.44. The van der Waals surface area contributed by atoms with Gasteiger partial charge in [-0.1, -0.05) is 0 Å². The van der Waals surface area contributed by atoms with E-state index in [9.17, 15) is 13.6 Å². The molecule has 3 heterocycles. The predicted molar refractivity (Wildman–Crippen MR) is 58.6 cm³/mol. The summed E-state index contributed by atoms with van der Waals surface area (Å²) < 4.78 is 33.8. The number of halogens is 3. The van der Waals surface area contributed by atoms with Crippen LogP contribution >= 0.6 is 11.6 Å². The van der Waals surface area contributed by atoms with Crippen LogP contribution < -0.4 is 0 Å². The van der Waals surface area contributed by atoms with Crippen molar-refractivity contribution in [1.82, 2.24) is 4.90 Å². The fourth-order valence-corrected chi connectivity index (χ4v) is 3.43. The molecule has 0 aromatic rings. The summed E-state index contributed by atoms with van der Waals surface area (Å²) in [5, 5.41) is 0. The summed E-state index contributed by atoms with van der Waals surface area (Å²) >= 11 is 6.37. The van der Waals surface area contributed by atoms with Crippen molar-refractivity contribution in [3.05, 3.63) is 0 Å². The van der Waals surface area contributed by atoms with Crippen molar-refractivity contribution in [2.45, 2.75) is 49.1 Å². The zero-order valence-corrected chi connectivity index (χ0v) is 10.4. The van der Waals surface area contributed by atoms with Gasteiger partial charge in [0.05, 0.1) is 18.3 Å². The molecule has 18 heavy (non-hydrogen) atoms. The standard InChI is InChI=1S/C11H14ClF2NO3/c12-11(3-6-1-2-8(11)17-6)9(16)15-4-7(5-15)18-10(13)14/h6-8,10H,1-5H2. The van der Waals surface area contributed by atoms with E-state index in [-0.39, 0.29) is 31.2 Å². The van der Waals surface area contributed by atoms with E-state index in [0.717, 1.165) is 12.8 Å². The fraction of sp³-hybridized carbons (Fsp3) is 0.909. The SMILES string of the molecule is O=C(N1CC(OC(F)F)C1)C1(Cl)CC2CCC1O2. The Morgan fingerprint density at radius 3 is 2.67 bits per heavy atom. The van der Waals surface area contributed by atoms with E-state index >= 15 is 0 Å². The average molecular weight is 282 g/mol. The normalized spacial score (nSPS) is 39.4. The second-order valence-corrected chi connectivity index (χ2v) is 5.79. The number of alkyl halides is 3. The number of hydrogen-bond acceptors (Lipinski definition) is 3. The molecule has 3 saturated heterocycles. The minimum atomic E-state index is -2.79. The molecule has 0 radical (unpaired) electrons. The van der Waals surface area contributed by atoms with Crippen molar-refractivity contribution in [3.8, 4) is 0 Å². The van der Waals surface area contributed by atoms with Crippen LogP contribution in [-0.4, -0.2) is 53.7 Å². The average Bonchev–Trinajstić information content (AvgIpc) is 2.81. The Morgan fingerprint density at radius 2 is 2.17 bits per heavy atom. The highest BCUT2D eigenvalue weighted by molar-refractivity contribution is 6.35. The number of likely N-dealkylation sites (tertiary alicyclic amines) is 1. The molecule has 102 valence electrons.